The lowest BCUT2D eigenvalue weighted by Crippen LogP contribution is -2.43. The molecule has 0 saturated heterocycles. The lowest BCUT2D eigenvalue weighted by Gasteiger charge is -2.26. The Morgan fingerprint density at radius 1 is 1.27 bits per heavy atom. The highest BCUT2D eigenvalue weighted by atomic mass is 19.1. The monoisotopic (exact) mass is 299 g/mol. The Morgan fingerprint density at radius 3 is 2.73 bits per heavy atom. The zero-order valence-electron chi connectivity index (χ0n) is 12.6. The quantitative estimate of drug-likeness (QED) is 0.867. The summed E-state index contributed by atoms with van der Waals surface area (Å²) in [4.78, 5) is 14.4. The van der Waals surface area contributed by atoms with Crippen molar-refractivity contribution in [1.29, 1.82) is 0 Å². The number of halogens is 1. The summed E-state index contributed by atoms with van der Waals surface area (Å²) in [6.45, 7) is 3.68. The summed E-state index contributed by atoms with van der Waals surface area (Å²) in [6.07, 6.45) is 0.110. The molecule has 0 aromatic heterocycles. The minimum Gasteiger partial charge on any atom is -0.481 e. The van der Waals surface area contributed by atoms with E-state index in [4.69, 9.17) is 4.74 Å². The van der Waals surface area contributed by atoms with Crippen LogP contribution in [0.3, 0.4) is 0 Å². The van der Waals surface area contributed by atoms with Crippen molar-refractivity contribution in [3.63, 3.8) is 0 Å². The third-order valence-electron chi connectivity index (χ3n) is 3.90. The lowest BCUT2D eigenvalue weighted by molar-refractivity contribution is -0.124. The maximum atomic E-state index is 13.5. The van der Waals surface area contributed by atoms with Crippen molar-refractivity contribution in [2.75, 3.05) is 4.90 Å². The number of carbonyl (C=O) groups excluding carboxylic acids is 1. The van der Waals surface area contributed by atoms with Crippen LogP contribution >= 0.6 is 0 Å². The smallest absolute Gasteiger partial charge is 0.268 e. The Morgan fingerprint density at radius 2 is 2.00 bits per heavy atom. The average Bonchev–Trinajstić information content (AvgIpc) is 2.82. The predicted molar refractivity (Wildman–Crippen MR) is 83.6 cm³/mol. The van der Waals surface area contributed by atoms with Gasteiger partial charge in [0.15, 0.2) is 6.10 Å². The molecule has 0 N–H and O–H groups in total. The standard InChI is InChI=1S/C18H18FNO2/c1-12-10-14-8-9-15(19)11-17(14)20(12)18(21)13(2)22-16-6-4-3-5-7-16/h3-9,11-13H,10H2,1-2H3. The van der Waals surface area contributed by atoms with Gasteiger partial charge < -0.3 is 9.64 Å². The van der Waals surface area contributed by atoms with Crippen LogP contribution < -0.4 is 9.64 Å². The Kier molecular flexibility index (Phi) is 3.84. The number of ether oxygens (including phenoxy) is 1. The number of fused-ring (bicyclic) bond motifs is 1. The highest BCUT2D eigenvalue weighted by molar-refractivity contribution is 5.99. The van der Waals surface area contributed by atoms with Gasteiger partial charge in [0.25, 0.3) is 5.91 Å². The van der Waals surface area contributed by atoms with Crippen molar-refractivity contribution in [3.8, 4) is 5.75 Å². The molecule has 1 aliphatic rings. The van der Waals surface area contributed by atoms with Crippen LogP contribution in [0.4, 0.5) is 10.1 Å². The van der Waals surface area contributed by atoms with Gasteiger partial charge in [0.1, 0.15) is 11.6 Å². The second kappa shape index (κ2) is 5.79. The van der Waals surface area contributed by atoms with E-state index < -0.39 is 6.10 Å². The summed E-state index contributed by atoms with van der Waals surface area (Å²) in [7, 11) is 0. The van der Waals surface area contributed by atoms with Gasteiger partial charge >= 0.3 is 0 Å². The summed E-state index contributed by atoms with van der Waals surface area (Å²) >= 11 is 0. The van der Waals surface area contributed by atoms with E-state index in [1.807, 2.05) is 37.3 Å². The molecule has 4 heteroatoms. The van der Waals surface area contributed by atoms with Crippen LogP contribution in [0.5, 0.6) is 5.75 Å². The van der Waals surface area contributed by atoms with Gasteiger partial charge in [0.2, 0.25) is 0 Å². The maximum absolute atomic E-state index is 13.5. The van der Waals surface area contributed by atoms with Crippen molar-refractivity contribution in [3.05, 3.63) is 59.9 Å². The molecule has 3 nitrogen and oxygen atoms in total. The Bertz CT molecular complexity index is 687. The molecule has 0 bridgehead atoms. The van der Waals surface area contributed by atoms with Gasteiger partial charge in [-0.15, -0.1) is 0 Å². The summed E-state index contributed by atoms with van der Waals surface area (Å²) in [6, 6.07) is 13.8. The average molecular weight is 299 g/mol. The lowest BCUT2D eigenvalue weighted by atomic mass is 10.1. The molecule has 3 rings (SSSR count). The molecular formula is C18H18FNO2. The first-order valence-electron chi connectivity index (χ1n) is 7.39. The Balaban J connectivity index is 1.82. The number of amides is 1. The highest BCUT2D eigenvalue weighted by Gasteiger charge is 2.34. The van der Waals surface area contributed by atoms with E-state index in [0.717, 1.165) is 12.0 Å². The van der Waals surface area contributed by atoms with E-state index >= 15 is 0 Å². The van der Waals surface area contributed by atoms with Crippen molar-refractivity contribution in [2.45, 2.75) is 32.4 Å². The molecule has 114 valence electrons. The van der Waals surface area contributed by atoms with Crippen LogP contribution in [-0.4, -0.2) is 18.1 Å². The molecule has 0 radical (unpaired) electrons. The summed E-state index contributed by atoms with van der Waals surface area (Å²) in [5.74, 6) is 0.164. The fourth-order valence-electron chi connectivity index (χ4n) is 2.87. The number of hydrogen-bond acceptors (Lipinski definition) is 2. The van der Waals surface area contributed by atoms with E-state index in [1.165, 1.54) is 12.1 Å². The van der Waals surface area contributed by atoms with Crippen LogP contribution in [-0.2, 0) is 11.2 Å². The summed E-state index contributed by atoms with van der Waals surface area (Å²) in [5, 5.41) is 0. The number of hydrogen-bond donors (Lipinski definition) is 0. The molecule has 2 aromatic carbocycles. The van der Waals surface area contributed by atoms with Gasteiger partial charge in [-0.1, -0.05) is 24.3 Å². The molecule has 0 fully saturated rings. The molecule has 0 saturated carbocycles. The number of benzene rings is 2. The Labute approximate surface area is 129 Å². The number of nitrogens with zero attached hydrogens (tertiary/aromatic N) is 1. The SMILES string of the molecule is CC(Oc1ccccc1)C(=O)N1c2cc(F)ccc2CC1C. The van der Waals surface area contributed by atoms with Gasteiger partial charge in [-0.05, 0) is 50.1 Å². The van der Waals surface area contributed by atoms with E-state index in [1.54, 1.807) is 17.9 Å². The molecule has 1 heterocycles. The fraction of sp³-hybridized carbons (Fsp3) is 0.278. The van der Waals surface area contributed by atoms with Crippen LogP contribution in [0.2, 0.25) is 0 Å². The third kappa shape index (κ3) is 2.69. The molecule has 2 aromatic rings. The topological polar surface area (TPSA) is 29.5 Å². The van der Waals surface area contributed by atoms with Crippen molar-refractivity contribution in [2.24, 2.45) is 0 Å². The number of anilines is 1. The first kappa shape index (κ1) is 14.6. The first-order valence-corrected chi connectivity index (χ1v) is 7.39. The van der Waals surface area contributed by atoms with E-state index in [0.29, 0.717) is 11.4 Å². The molecule has 2 atom stereocenters. The maximum Gasteiger partial charge on any atom is 0.268 e. The molecular weight excluding hydrogens is 281 g/mol. The van der Waals surface area contributed by atoms with Gasteiger partial charge in [0, 0.05) is 6.04 Å². The van der Waals surface area contributed by atoms with Crippen molar-refractivity contribution < 1.29 is 13.9 Å². The van der Waals surface area contributed by atoms with Crippen molar-refractivity contribution >= 4 is 11.6 Å². The second-order valence-electron chi connectivity index (χ2n) is 5.61. The van der Waals surface area contributed by atoms with Crippen LogP contribution in [0.25, 0.3) is 0 Å². The van der Waals surface area contributed by atoms with Gasteiger partial charge in [-0.25, -0.2) is 4.39 Å². The van der Waals surface area contributed by atoms with Crippen LogP contribution in [0.1, 0.15) is 19.4 Å². The van der Waals surface area contributed by atoms with Crippen molar-refractivity contribution in [1.82, 2.24) is 0 Å². The van der Waals surface area contributed by atoms with E-state index in [-0.39, 0.29) is 17.8 Å². The molecule has 2 unspecified atom stereocenters. The molecule has 0 aliphatic carbocycles. The molecule has 1 aliphatic heterocycles. The van der Waals surface area contributed by atoms with Crippen LogP contribution in [0.15, 0.2) is 48.5 Å². The normalized spacial score (nSPS) is 18.0. The summed E-state index contributed by atoms with van der Waals surface area (Å²) in [5.41, 5.74) is 1.65. The van der Waals surface area contributed by atoms with E-state index in [9.17, 15) is 9.18 Å². The summed E-state index contributed by atoms with van der Waals surface area (Å²) < 4.78 is 19.2. The second-order valence-corrected chi connectivity index (χ2v) is 5.61. The predicted octanol–water partition coefficient (Wildman–Crippen LogP) is 3.57. The van der Waals surface area contributed by atoms with Crippen LogP contribution in [0, 0.1) is 5.82 Å². The zero-order chi connectivity index (χ0) is 15.7. The third-order valence-corrected chi connectivity index (χ3v) is 3.90. The number of carbonyl (C=O) groups is 1. The minimum absolute atomic E-state index is 0.00567. The first-order chi connectivity index (χ1) is 10.6. The zero-order valence-corrected chi connectivity index (χ0v) is 12.6. The minimum atomic E-state index is -0.626. The van der Waals surface area contributed by atoms with Gasteiger partial charge in [-0.3, -0.25) is 4.79 Å². The largest absolute Gasteiger partial charge is 0.481 e. The Hall–Kier alpha value is -2.36. The highest BCUT2D eigenvalue weighted by Crippen LogP contribution is 2.33. The van der Waals surface area contributed by atoms with Gasteiger partial charge in [0.05, 0.1) is 5.69 Å². The number of para-hydroxylation sites is 1. The number of rotatable bonds is 3. The van der Waals surface area contributed by atoms with Gasteiger partial charge in [-0.2, -0.15) is 0 Å². The fourth-order valence-corrected chi connectivity index (χ4v) is 2.87. The van der Waals surface area contributed by atoms with E-state index in [2.05, 4.69) is 0 Å². The molecule has 0 spiro atoms. The molecule has 1 amide bonds. The molecule has 22 heavy (non-hydrogen) atoms.